The fraction of sp³-hybridized carbons (Fsp3) is 0.192. The molecule has 0 bridgehead atoms. The van der Waals surface area contributed by atoms with E-state index in [2.05, 4.69) is 4.99 Å². The normalized spacial score (nSPS) is 15.9. The summed E-state index contributed by atoms with van der Waals surface area (Å²) in [5.41, 5.74) is 1.88. The van der Waals surface area contributed by atoms with E-state index in [-0.39, 0.29) is 11.9 Å². The van der Waals surface area contributed by atoms with Crippen LogP contribution in [0.3, 0.4) is 0 Å². The number of rotatable bonds is 6. The predicted octanol–water partition coefficient (Wildman–Crippen LogP) is 5.27. The number of likely N-dealkylation sites (N-methyl/N-ethyl adjacent to an activating group) is 1. The molecule has 1 heterocycles. The molecule has 1 saturated heterocycles. The van der Waals surface area contributed by atoms with Gasteiger partial charge in [0.15, 0.2) is 5.17 Å². The Bertz CT molecular complexity index is 1310. The molecular formula is C26H24N2O5S. The van der Waals surface area contributed by atoms with Gasteiger partial charge in [-0.2, -0.15) is 0 Å². The van der Waals surface area contributed by atoms with Gasteiger partial charge in [-0.1, -0.05) is 12.1 Å². The Morgan fingerprint density at radius 1 is 1.06 bits per heavy atom. The van der Waals surface area contributed by atoms with Gasteiger partial charge in [-0.05, 0) is 78.0 Å². The van der Waals surface area contributed by atoms with Gasteiger partial charge in [0, 0.05) is 12.6 Å². The second kappa shape index (κ2) is 10.0. The Morgan fingerprint density at radius 2 is 1.79 bits per heavy atom. The molecule has 34 heavy (non-hydrogen) atoms. The van der Waals surface area contributed by atoms with Gasteiger partial charge in [-0.25, -0.2) is 9.79 Å². The molecule has 3 aromatic rings. The van der Waals surface area contributed by atoms with Crippen molar-refractivity contribution in [3.05, 3.63) is 70.6 Å². The summed E-state index contributed by atoms with van der Waals surface area (Å²) in [6, 6.07) is 16.4. The van der Waals surface area contributed by atoms with Crippen LogP contribution in [0, 0.1) is 0 Å². The van der Waals surface area contributed by atoms with Gasteiger partial charge < -0.3 is 14.2 Å². The lowest BCUT2D eigenvalue weighted by Gasteiger charge is -2.11. The van der Waals surface area contributed by atoms with E-state index < -0.39 is 0 Å². The third-order valence-corrected chi connectivity index (χ3v) is 6.39. The van der Waals surface area contributed by atoms with E-state index >= 15 is 0 Å². The topological polar surface area (TPSA) is 77.4 Å². The summed E-state index contributed by atoms with van der Waals surface area (Å²) < 4.78 is 16.0. The van der Waals surface area contributed by atoms with Gasteiger partial charge in [-0.3, -0.25) is 9.69 Å². The molecule has 0 radical (unpaired) electrons. The van der Waals surface area contributed by atoms with E-state index in [0.717, 1.165) is 22.1 Å². The van der Waals surface area contributed by atoms with E-state index in [4.69, 9.17) is 14.2 Å². The van der Waals surface area contributed by atoms with Crippen LogP contribution < -0.4 is 9.47 Å². The lowest BCUT2D eigenvalue weighted by atomic mass is 10.0. The fourth-order valence-corrected chi connectivity index (χ4v) is 4.50. The fourth-order valence-electron chi connectivity index (χ4n) is 3.54. The van der Waals surface area contributed by atoms with Crippen LogP contribution in [0.5, 0.6) is 11.5 Å². The van der Waals surface area contributed by atoms with Crippen molar-refractivity contribution in [1.29, 1.82) is 0 Å². The predicted molar refractivity (Wildman–Crippen MR) is 135 cm³/mol. The van der Waals surface area contributed by atoms with E-state index in [1.807, 2.05) is 36.4 Å². The Kier molecular flexibility index (Phi) is 6.88. The first-order chi connectivity index (χ1) is 16.4. The Morgan fingerprint density at radius 3 is 2.47 bits per heavy atom. The number of amides is 1. The molecule has 0 saturated carbocycles. The molecule has 0 spiro atoms. The van der Waals surface area contributed by atoms with Crippen molar-refractivity contribution >= 4 is 51.3 Å². The summed E-state index contributed by atoms with van der Waals surface area (Å²) in [7, 11) is 4.91. The van der Waals surface area contributed by atoms with Crippen LogP contribution >= 0.6 is 11.8 Å². The first kappa shape index (κ1) is 23.4. The molecule has 8 heteroatoms. The van der Waals surface area contributed by atoms with E-state index in [1.165, 1.54) is 16.7 Å². The number of esters is 1. The van der Waals surface area contributed by atoms with Crippen LogP contribution in [0.2, 0.25) is 0 Å². The van der Waals surface area contributed by atoms with E-state index in [1.54, 1.807) is 52.5 Å². The molecule has 0 aliphatic carbocycles. The van der Waals surface area contributed by atoms with Crippen molar-refractivity contribution in [2.24, 2.45) is 4.99 Å². The van der Waals surface area contributed by atoms with Gasteiger partial charge >= 0.3 is 5.97 Å². The van der Waals surface area contributed by atoms with Crippen molar-refractivity contribution in [2.45, 2.75) is 6.92 Å². The summed E-state index contributed by atoms with van der Waals surface area (Å²) in [5, 5.41) is 2.46. The second-order valence-corrected chi connectivity index (χ2v) is 8.41. The molecule has 1 aliphatic rings. The van der Waals surface area contributed by atoms with Gasteiger partial charge in [-0.15, -0.1) is 0 Å². The Labute approximate surface area is 202 Å². The Balaban J connectivity index is 1.68. The molecule has 174 valence electrons. The molecule has 0 N–H and O–H groups in total. The highest BCUT2D eigenvalue weighted by molar-refractivity contribution is 8.18. The number of aliphatic imine (C=N–C) groups is 1. The van der Waals surface area contributed by atoms with Crippen molar-refractivity contribution in [1.82, 2.24) is 4.90 Å². The summed E-state index contributed by atoms with van der Waals surface area (Å²) >= 11 is 1.28. The van der Waals surface area contributed by atoms with Gasteiger partial charge in [0.2, 0.25) is 0 Å². The highest BCUT2D eigenvalue weighted by atomic mass is 32.2. The van der Waals surface area contributed by atoms with Crippen molar-refractivity contribution < 1.29 is 23.8 Å². The van der Waals surface area contributed by atoms with Crippen LogP contribution in [0.1, 0.15) is 22.8 Å². The molecule has 4 rings (SSSR count). The number of hydrogen-bond acceptors (Lipinski definition) is 7. The SMILES string of the molecule is CCOC(=O)c1ccc(N=C2SC(=Cc3c(OC)ccc4ccc(OC)cc34)C(=O)N2C)cc1. The second-order valence-electron chi connectivity index (χ2n) is 7.41. The molecule has 0 aromatic heterocycles. The monoisotopic (exact) mass is 476 g/mol. The number of carbonyl (C=O) groups excluding carboxylic acids is 2. The average Bonchev–Trinajstić information content (AvgIpc) is 3.12. The highest BCUT2D eigenvalue weighted by Gasteiger charge is 2.31. The summed E-state index contributed by atoms with van der Waals surface area (Å²) in [5.74, 6) is 0.838. The molecular weight excluding hydrogens is 452 g/mol. The minimum atomic E-state index is -0.380. The van der Waals surface area contributed by atoms with Gasteiger partial charge in [0.05, 0.1) is 37.0 Å². The zero-order valence-electron chi connectivity index (χ0n) is 19.3. The standard InChI is InChI=1S/C26H24N2O5S/c1-5-33-25(30)17-6-10-18(11-7-17)27-26-28(2)24(29)23(34-26)15-21-20-14-19(31-3)12-8-16(20)9-13-22(21)32-4/h6-15H,5H2,1-4H3. The largest absolute Gasteiger partial charge is 0.497 e. The van der Waals surface area contributed by atoms with E-state index in [9.17, 15) is 9.59 Å². The number of amidine groups is 1. The molecule has 3 aromatic carbocycles. The van der Waals surface area contributed by atoms with Crippen molar-refractivity contribution in [3.63, 3.8) is 0 Å². The number of benzene rings is 3. The molecule has 7 nitrogen and oxygen atoms in total. The van der Waals surface area contributed by atoms with E-state index in [0.29, 0.717) is 33.7 Å². The minimum Gasteiger partial charge on any atom is -0.497 e. The van der Waals surface area contributed by atoms with Gasteiger partial charge in [0.1, 0.15) is 11.5 Å². The van der Waals surface area contributed by atoms with Crippen molar-refractivity contribution in [3.8, 4) is 11.5 Å². The van der Waals surface area contributed by atoms with Gasteiger partial charge in [0.25, 0.3) is 5.91 Å². The third kappa shape index (κ3) is 4.63. The number of thioether (sulfide) groups is 1. The van der Waals surface area contributed by atoms with Crippen molar-refractivity contribution in [2.75, 3.05) is 27.9 Å². The molecule has 1 fully saturated rings. The maximum Gasteiger partial charge on any atom is 0.338 e. The number of hydrogen-bond donors (Lipinski definition) is 0. The third-order valence-electron chi connectivity index (χ3n) is 5.33. The zero-order chi connectivity index (χ0) is 24.2. The minimum absolute atomic E-state index is 0.158. The summed E-state index contributed by atoms with van der Waals surface area (Å²) in [6.45, 7) is 2.08. The average molecular weight is 477 g/mol. The van der Waals surface area contributed by atoms with Crippen LogP contribution in [-0.4, -0.2) is 49.8 Å². The maximum absolute atomic E-state index is 13.0. The lowest BCUT2D eigenvalue weighted by Crippen LogP contribution is -2.23. The molecule has 1 aliphatic heterocycles. The maximum atomic E-state index is 13.0. The molecule has 1 amide bonds. The van der Waals surface area contributed by atoms with Crippen LogP contribution in [0.15, 0.2) is 64.5 Å². The number of nitrogens with zero attached hydrogens (tertiary/aromatic N) is 2. The number of fused-ring (bicyclic) bond motifs is 1. The first-order valence-electron chi connectivity index (χ1n) is 10.6. The number of methoxy groups -OCH3 is 2. The number of ether oxygens (including phenoxy) is 3. The lowest BCUT2D eigenvalue weighted by molar-refractivity contribution is -0.121. The summed E-state index contributed by atoms with van der Waals surface area (Å²) in [6.07, 6.45) is 1.83. The summed E-state index contributed by atoms with van der Waals surface area (Å²) in [4.78, 5) is 31.5. The molecule has 0 unspecified atom stereocenters. The van der Waals surface area contributed by atoms with Crippen LogP contribution in [0.25, 0.3) is 16.8 Å². The zero-order valence-corrected chi connectivity index (χ0v) is 20.1. The molecule has 0 atom stereocenters. The number of carbonyl (C=O) groups is 2. The quantitative estimate of drug-likeness (QED) is 0.356. The Hall–Kier alpha value is -3.78. The first-order valence-corrected chi connectivity index (χ1v) is 11.4. The smallest absolute Gasteiger partial charge is 0.338 e. The van der Waals surface area contributed by atoms with Crippen LogP contribution in [-0.2, 0) is 9.53 Å². The highest BCUT2D eigenvalue weighted by Crippen LogP contribution is 2.38. The van der Waals surface area contributed by atoms with Crippen LogP contribution in [0.4, 0.5) is 5.69 Å².